The Labute approximate surface area is 107 Å². The van der Waals surface area contributed by atoms with Gasteiger partial charge in [0.2, 0.25) is 5.91 Å². The highest BCUT2D eigenvalue weighted by Gasteiger charge is 2.41. The van der Waals surface area contributed by atoms with Crippen molar-refractivity contribution in [1.82, 2.24) is 0 Å². The van der Waals surface area contributed by atoms with E-state index in [9.17, 15) is 4.79 Å². The van der Waals surface area contributed by atoms with Crippen molar-refractivity contribution in [2.24, 2.45) is 5.41 Å². The van der Waals surface area contributed by atoms with Gasteiger partial charge in [-0.05, 0) is 31.4 Å². The first kappa shape index (κ1) is 11.5. The number of carbonyl (C=O) groups excluding carboxylic acids is 1. The molecule has 0 radical (unpaired) electrons. The number of fused-ring (bicyclic) bond motifs is 1. The van der Waals surface area contributed by atoms with Gasteiger partial charge in [0.15, 0.2) is 0 Å². The predicted molar refractivity (Wildman–Crippen MR) is 70.8 cm³/mol. The Bertz CT molecular complexity index is 479. The van der Waals surface area contributed by atoms with Crippen molar-refractivity contribution < 1.29 is 9.53 Å². The molecule has 2 aliphatic heterocycles. The molecule has 1 fully saturated rings. The molecule has 1 aromatic carbocycles. The van der Waals surface area contributed by atoms with Crippen LogP contribution in [0.25, 0.3) is 0 Å². The SMILES string of the molecule is Cc1cccc2c1NC(=O)C1(CCOCC1)CN2. The smallest absolute Gasteiger partial charge is 0.232 e. The summed E-state index contributed by atoms with van der Waals surface area (Å²) in [5.74, 6) is 0.131. The maximum absolute atomic E-state index is 12.5. The van der Waals surface area contributed by atoms with Gasteiger partial charge in [-0.3, -0.25) is 4.79 Å². The lowest BCUT2D eigenvalue weighted by Gasteiger charge is -2.34. The van der Waals surface area contributed by atoms with Gasteiger partial charge >= 0.3 is 0 Å². The number of ether oxygens (including phenoxy) is 1. The minimum absolute atomic E-state index is 0.131. The second-order valence-electron chi connectivity index (χ2n) is 5.20. The molecule has 2 aliphatic rings. The fourth-order valence-corrected chi connectivity index (χ4v) is 2.74. The fraction of sp³-hybridized carbons (Fsp3) is 0.500. The van der Waals surface area contributed by atoms with Crippen LogP contribution in [0.15, 0.2) is 18.2 Å². The summed E-state index contributed by atoms with van der Waals surface area (Å²) in [5, 5.41) is 6.51. The van der Waals surface area contributed by atoms with Crippen LogP contribution in [-0.4, -0.2) is 25.7 Å². The quantitative estimate of drug-likeness (QED) is 0.737. The highest BCUT2D eigenvalue weighted by molar-refractivity contribution is 6.00. The molecule has 0 aliphatic carbocycles. The van der Waals surface area contributed by atoms with Crippen LogP contribution >= 0.6 is 0 Å². The van der Waals surface area contributed by atoms with Gasteiger partial charge < -0.3 is 15.4 Å². The molecule has 2 N–H and O–H groups in total. The molecule has 0 saturated carbocycles. The molecular weight excluding hydrogens is 228 g/mol. The molecule has 0 unspecified atom stereocenters. The third-order valence-corrected chi connectivity index (χ3v) is 4.06. The molecule has 1 amide bonds. The monoisotopic (exact) mass is 246 g/mol. The highest BCUT2D eigenvalue weighted by atomic mass is 16.5. The van der Waals surface area contributed by atoms with Crippen LogP contribution in [0.4, 0.5) is 11.4 Å². The number of anilines is 2. The predicted octanol–water partition coefficient (Wildman–Crippen LogP) is 2.16. The van der Waals surface area contributed by atoms with Gasteiger partial charge in [-0.1, -0.05) is 12.1 Å². The number of para-hydroxylation sites is 1. The summed E-state index contributed by atoms with van der Waals surface area (Å²) in [7, 11) is 0. The third-order valence-electron chi connectivity index (χ3n) is 4.06. The van der Waals surface area contributed by atoms with E-state index in [1.54, 1.807) is 0 Å². The average Bonchev–Trinajstić information content (AvgIpc) is 2.52. The molecule has 18 heavy (non-hydrogen) atoms. The summed E-state index contributed by atoms with van der Waals surface area (Å²) < 4.78 is 5.38. The molecule has 1 aromatic rings. The van der Waals surface area contributed by atoms with Gasteiger partial charge in [-0.2, -0.15) is 0 Å². The Hall–Kier alpha value is -1.55. The molecule has 4 heteroatoms. The van der Waals surface area contributed by atoms with E-state index >= 15 is 0 Å². The summed E-state index contributed by atoms with van der Waals surface area (Å²) in [6.45, 7) is 4.05. The van der Waals surface area contributed by atoms with Crippen LogP contribution in [0.2, 0.25) is 0 Å². The zero-order chi connectivity index (χ0) is 12.6. The number of hydrogen-bond acceptors (Lipinski definition) is 3. The normalized spacial score (nSPS) is 21.7. The van der Waals surface area contributed by atoms with E-state index in [1.807, 2.05) is 25.1 Å². The van der Waals surface area contributed by atoms with E-state index in [0.717, 1.165) is 29.8 Å². The van der Waals surface area contributed by atoms with Crippen LogP contribution in [0.1, 0.15) is 18.4 Å². The number of carbonyl (C=O) groups is 1. The molecule has 4 nitrogen and oxygen atoms in total. The van der Waals surface area contributed by atoms with E-state index in [2.05, 4.69) is 10.6 Å². The number of amides is 1. The molecule has 0 aromatic heterocycles. The zero-order valence-electron chi connectivity index (χ0n) is 10.6. The van der Waals surface area contributed by atoms with Crippen LogP contribution in [0, 0.1) is 12.3 Å². The summed E-state index contributed by atoms with van der Waals surface area (Å²) in [6, 6.07) is 6.04. The van der Waals surface area contributed by atoms with Crippen molar-refractivity contribution in [3.05, 3.63) is 23.8 Å². The van der Waals surface area contributed by atoms with Crippen molar-refractivity contribution in [3.8, 4) is 0 Å². The highest BCUT2D eigenvalue weighted by Crippen LogP contribution is 2.37. The van der Waals surface area contributed by atoms with Crippen molar-refractivity contribution in [1.29, 1.82) is 0 Å². The van der Waals surface area contributed by atoms with E-state index in [1.165, 1.54) is 0 Å². The third kappa shape index (κ3) is 1.77. The molecule has 0 atom stereocenters. The summed E-state index contributed by atoms with van der Waals surface area (Å²) in [6.07, 6.45) is 1.58. The van der Waals surface area contributed by atoms with Gasteiger partial charge in [0.05, 0.1) is 16.8 Å². The molecule has 2 heterocycles. The Morgan fingerprint density at radius 2 is 2.06 bits per heavy atom. The Morgan fingerprint density at radius 1 is 1.28 bits per heavy atom. The summed E-state index contributed by atoms with van der Waals surface area (Å²) in [4.78, 5) is 12.5. The molecule has 1 spiro atoms. The minimum atomic E-state index is -0.316. The van der Waals surface area contributed by atoms with Crippen LogP contribution < -0.4 is 10.6 Å². The number of nitrogens with one attached hydrogen (secondary N) is 2. The molecule has 3 rings (SSSR count). The standard InChI is InChI=1S/C14H18N2O2/c1-10-3-2-4-11-12(10)16-13(17)14(9-15-11)5-7-18-8-6-14/h2-4,15H,5-9H2,1H3,(H,16,17). The molecule has 1 saturated heterocycles. The zero-order valence-corrected chi connectivity index (χ0v) is 10.6. The van der Waals surface area contributed by atoms with E-state index in [-0.39, 0.29) is 11.3 Å². The van der Waals surface area contributed by atoms with Gasteiger partial charge in [-0.25, -0.2) is 0 Å². The van der Waals surface area contributed by atoms with Gasteiger partial charge in [0.1, 0.15) is 0 Å². The van der Waals surface area contributed by atoms with Crippen LogP contribution in [0.3, 0.4) is 0 Å². The Balaban J connectivity index is 1.95. The van der Waals surface area contributed by atoms with Crippen molar-refractivity contribution in [2.75, 3.05) is 30.4 Å². The average molecular weight is 246 g/mol. The first-order valence-electron chi connectivity index (χ1n) is 6.44. The maximum atomic E-state index is 12.5. The van der Waals surface area contributed by atoms with Crippen LogP contribution in [0.5, 0.6) is 0 Å². The Morgan fingerprint density at radius 3 is 2.83 bits per heavy atom. The van der Waals surface area contributed by atoms with Gasteiger partial charge in [0, 0.05) is 19.8 Å². The summed E-state index contributed by atoms with van der Waals surface area (Å²) >= 11 is 0. The van der Waals surface area contributed by atoms with Crippen LogP contribution in [-0.2, 0) is 9.53 Å². The number of benzene rings is 1. The summed E-state index contributed by atoms with van der Waals surface area (Å²) in [5.41, 5.74) is 2.72. The van der Waals surface area contributed by atoms with Crippen molar-refractivity contribution in [2.45, 2.75) is 19.8 Å². The second-order valence-corrected chi connectivity index (χ2v) is 5.20. The van der Waals surface area contributed by atoms with E-state index in [0.29, 0.717) is 19.8 Å². The minimum Gasteiger partial charge on any atom is -0.382 e. The van der Waals surface area contributed by atoms with Gasteiger partial charge in [-0.15, -0.1) is 0 Å². The topological polar surface area (TPSA) is 50.4 Å². The van der Waals surface area contributed by atoms with Crippen molar-refractivity contribution >= 4 is 17.3 Å². The van der Waals surface area contributed by atoms with E-state index < -0.39 is 0 Å². The maximum Gasteiger partial charge on any atom is 0.232 e. The molecule has 96 valence electrons. The lowest BCUT2D eigenvalue weighted by atomic mass is 9.79. The number of aryl methyl sites for hydroxylation is 1. The fourth-order valence-electron chi connectivity index (χ4n) is 2.74. The lowest BCUT2D eigenvalue weighted by molar-refractivity contribution is -0.129. The van der Waals surface area contributed by atoms with Crippen molar-refractivity contribution in [3.63, 3.8) is 0 Å². The number of rotatable bonds is 0. The molecule has 0 bridgehead atoms. The number of hydrogen-bond donors (Lipinski definition) is 2. The Kier molecular flexibility index (Phi) is 2.74. The van der Waals surface area contributed by atoms with E-state index in [4.69, 9.17) is 4.74 Å². The first-order valence-corrected chi connectivity index (χ1v) is 6.44. The first-order chi connectivity index (χ1) is 8.71. The van der Waals surface area contributed by atoms with Gasteiger partial charge in [0.25, 0.3) is 0 Å². The lowest BCUT2D eigenvalue weighted by Crippen LogP contribution is -2.44. The largest absolute Gasteiger partial charge is 0.382 e. The second kappa shape index (κ2) is 4.28. The molecular formula is C14H18N2O2.